The van der Waals surface area contributed by atoms with Gasteiger partial charge in [0.1, 0.15) is 0 Å². The van der Waals surface area contributed by atoms with Crippen molar-refractivity contribution in [2.24, 2.45) is 0 Å². The monoisotopic (exact) mass is 180 g/mol. The lowest BCUT2D eigenvalue weighted by Crippen LogP contribution is -2.46. The minimum absolute atomic E-state index is 0.673. The molecule has 2 atom stereocenters. The van der Waals surface area contributed by atoms with Crippen LogP contribution in [0.1, 0.15) is 26.7 Å². The van der Waals surface area contributed by atoms with Crippen molar-refractivity contribution in [3.63, 3.8) is 0 Å². The summed E-state index contributed by atoms with van der Waals surface area (Å²) >= 11 is 0. The van der Waals surface area contributed by atoms with Crippen LogP contribution in [0, 0.1) is 11.8 Å². The zero-order valence-electron chi connectivity index (χ0n) is 8.93. The topological polar surface area (TPSA) is 15.3 Å². The molecule has 1 aliphatic rings. The zero-order chi connectivity index (χ0) is 9.68. The van der Waals surface area contributed by atoms with Crippen LogP contribution in [0.2, 0.25) is 0 Å². The summed E-state index contributed by atoms with van der Waals surface area (Å²) in [5, 5.41) is 3.35. The molecule has 0 bridgehead atoms. The van der Waals surface area contributed by atoms with E-state index in [0.717, 1.165) is 6.54 Å². The Bertz CT molecular complexity index is 202. The summed E-state index contributed by atoms with van der Waals surface area (Å²) in [5.74, 6) is 6.09. The molecule has 2 heteroatoms. The van der Waals surface area contributed by atoms with E-state index in [1.807, 2.05) is 6.92 Å². The van der Waals surface area contributed by atoms with Gasteiger partial charge in [-0.1, -0.05) is 5.92 Å². The number of hydrogen-bond acceptors (Lipinski definition) is 2. The van der Waals surface area contributed by atoms with Gasteiger partial charge in [0.05, 0.1) is 6.54 Å². The Morgan fingerprint density at radius 1 is 1.54 bits per heavy atom. The minimum Gasteiger partial charge on any atom is -0.317 e. The van der Waals surface area contributed by atoms with Gasteiger partial charge in [0.15, 0.2) is 0 Å². The van der Waals surface area contributed by atoms with E-state index in [2.05, 4.69) is 36.0 Å². The van der Waals surface area contributed by atoms with Crippen LogP contribution < -0.4 is 5.32 Å². The molecule has 1 heterocycles. The van der Waals surface area contributed by atoms with E-state index >= 15 is 0 Å². The van der Waals surface area contributed by atoms with Gasteiger partial charge in [-0.25, -0.2) is 0 Å². The van der Waals surface area contributed by atoms with Crippen molar-refractivity contribution in [2.45, 2.75) is 38.8 Å². The fourth-order valence-corrected chi connectivity index (χ4v) is 1.90. The van der Waals surface area contributed by atoms with Crippen LogP contribution in [-0.2, 0) is 0 Å². The van der Waals surface area contributed by atoms with Gasteiger partial charge >= 0.3 is 0 Å². The average molecular weight is 180 g/mol. The van der Waals surface area contributed by atoms with Crippen molar-refractivity contribution in [2.75, 3.05) is 20.1 Å². The number of likely N-dealkylation sites (tertiary alicyclic amines) is 1. The molecule has 0 saturated carbocycles. The van der Waals surface area contributed by atoms with Crippen molar-refractivity contribution < 1.29 is 0 Å². The highest BCUT2D eigenvalue weighted by Crippen LogP contribution is 2.16. The van der Waals surface area contributed by atoms with Gasteiger partial charge in [-0.2, -0.15) is 0 Å². The smallest absolute Gasteiger partial charge is 0.0603 e. The molecule has 0 radical (unpaired) electrons. The summed E-state index contributed by atoms with van der Waals surface area (Å²) in [6, 6.07) is 1.38. The minimum atomic E-state index is 0.673. The number of nitrogens with one attached hydrogen (secondary N) is 1. The molecule has 1 saturated heterocycles. The van der Waals surface area contributed by atoms with E-state index in [0.29, 0.717) is 12.1 Å². The summed E-state index contributed by atoms with van der Waals surface area (Å²) in [6.45, 7) is 6.32. The third kappa shape index (κ3) is 3.02. The number of piperidine rings is 1. The third-order valence-electron chi connectivity index (χ3n) is 2.88. The van der Waals surface area contributed by atoms with Gasteiger partial charge < -0.3 is 5.32 Å². The van der Waals surface area contributed by atoms with E-state index in [1.165, 1.54) is 19.4 Å². The highest BCUT2D eigenvalue weighted by Gasteiger charge is 2.23. The van der Waals surface area contributed by atoms with E-state index < -0.39 is 0 Å². The van der Waals surface area contributed by atoms with Gasteiger partial charge in [-0.15, -0.1) is 5.92 Å². The second kappa shape index (κ2) is 5.26. The molecule has 74 valence electrons. The zero-order valence-corrected chi connectivity index (χ0v) is 8.93. The summed E-state index contributed by atoms with van der Waals surface area (Å²) < 4.78 is 0. The van der Waals surface area contributed by atoms with Crippen LogP contribution >= 0.6 is 0 Å². The predicted octanol–water partition coefficient (Wildman–Crippen LogP) is 1.08. The average Bonchev–Trinajstić information content (AvgIpc) is 2.16. The van der Waals surface area contributed by atoms with Crippen LogP contribution in [-0.4, -0.2) is 37.1 Å². The molecule has 1 N–H and O–H groups in total. The van der Waals surface area contributed by atoms with Crippen molar-refractivity contribution in [3.8, 4) is 11.8 Å². The molecule has 0 aliphatic carbocycles. The molecule has 0 aromatic heterocycles. The Hall–Kier alpha value is -0.520. The number of nitrogens with zero attached hydrogens (tertiary/aromatic N) is 1. The lowest BCUT2D eigenvalue weighted by molar-refractivity contribution is 0.156. The Morgan fingerprint density at radius 2 is 2.31 bits per heavy atom. The summed E-state index contributed by atoms with van der Waals surface area (Å²) in [4.78, 5) is 2.46. The second-order valence-corrected chi connectivity index (χ2v) is 3.76. The van der Waals surface area contributed by atoms with Crippen LogP contribution in [0.5, 0.6) is 0 Å². The highest BCUT2D eigenvalue weighted by atomic mass is 15.2. The number of hydrogen-bond donors (Lipinski definition) is 1. The van der Waals surface area contributed by atoms with E-state index in [1.54, 1.807) is 0 Å². The maximum absolute atomic E-state index is 3.35. The Balaban J connectivity index is 2.37. The fourth-order valence-electron chi connectivity index (χ4n) is 1.90. The molecule has 0 aromatic carbocycles. The van der Waals surface area contributed by atoms with Gasteiger partial charge in [0.2, 0.25) is 0 Å². The Morgan fingerprint density at radius 3 is 2.85 bits per heavy atom. The lowest BCUT2D eigenvalue weighted by Gasteiger charge is -2.36. The normalized spacial score (nSPS) is 29.5. The predicted molar refractivity (Wildman–Crippen MR) is 56.6 cm³/mol. The standard InChI is InChI=1S/C11H20N2/c1-4-5-7-13-8-6-11(12-3)9-10(13)2/h10-12H,6-9H2,1-3H3. The highest BCUT2D eigenvalue weighted by molar-refractivity contribution is 4.99. The van der Waals surface area contributed by atoms with Crippen LogP contribution in [0.3, 0.4) is 0 Å². The first-order chi connectivity index (χ1) is 6.27. The lowest BCUT2D eigenvalue weighted by atomic mass is 9.98. The summed E-state index contributed by atoms with van der Waals surface area (Å²) in [5.41, 5.74) is 0. The second-order valence-electron chi connectivity index (χ2n) is 3.76. The Labute approximate surface area is 81.7 Å². The number of rotatable bonds is 2. The van der Waals surface area contributed by atoms with Gasteiger partial charge in [0.25, 0.3) is 0 Å². The SMILES string of the molecule is CC#CCN1CCC(NC)CC1C. The molecule has 1 fully saturated rings. The van der Waals surface area contributed by atoms with E-state index in [9.17, 15) is 0 Å². The summed E-state index contributed by atoms with van der Waals surface area (Å²) in [7, 11) is 2.05. The van der Waals surface area contributed by atoms with Gasteiger partial charge in [0, 0.05) is 18.6 Å². The first-order valence-corrected chi connectivity index (χ1v) is 5.08. The quantitative estimate of drug-likeness (QED) is 0.640. The first kappa shape index (κ1) is 10.6. The third-order valence-corrected chi connectivity index (χ3v) is 2.88. The molecule has 1 aliphatic heterocycles. The Kier molecular flexibility index (Phi) is 4.27. The van der Waals surface area contributed by atoms with Crippen LogP contribution in [0.15, 0.2) is 0 Å². The molecule has 1 rings (SSSR count). The van der Waals surface area contributed by atoms with Crippen LogP contribution in [0.25, 0.3) is 0 Å². The van der Waals surface area contributed by atoms with Crippen molar-refractivity contribution >= 4 is 0 Å². The molecule has 13 heavy (non-hydrogen) atoms. The molecule has 0 aromatic rings. The van der Waals surface area contributed by atoms with Crippen LogP contribution in [0.4, 0.5) is 0 Å². The fraction of sp³-hybridized carbons (Fsp3) is 0.818. The largest absolute Gasteiger partial charge is 0.317 e. The van der Waals surface area contributed by atoms with Crippen molar-refractivity contribution in [1.82, 2.24) is 10.2 Å². The molecular weight excluding hydrogens is 160 g/mol. The molecule has 0 spiro atoms. The molecule has 2 unspecified atom stereocenters. The first-order valence-electron chi connectivity index (χ1n) is 5.08. The van der Waals surface area contributed by atoms with Gasteiger partial charge in [-0.05, 0) is 33.7 Å². The van der Waals surface area contributed by atoms with Gasteiger partial charge in [-0.3, -0.25) is 4.90 Å². The van der Waals surface area contributed by atoms with Crippen molar-refractivity contribution in [1.29, 1.82) is 0 Å². The summed E-state index contributed by atoms with van der Waals surface area (Å²) in [6.07, 6.45) is 2.51. The van der Waals surface area contributed by atoms with E-state index in [-0.39, 0.29) is 0 Å². The van der Waals surface area contributed by atoms with E-state index in [4.69, 9.17) is 0 Å². The molecule has 2 nitrogen and oxygen atoms in total. The molecular formula is C11H20N2. The van der Waals surface area contributed by atoms with Crippen molar-refractivity contribution in [3.05, 3.63) is 0 Å². The molecule has 0 amide bonds. The maximum atomic E-state index is 3.35. The maximum Gasteiger partial charge on any atom is 0.0603 e.